The van der Waals surface area contributed by atoms with Crippen molar-refractivity contribution in [2.24, 2.45) is 0 Å². The summed E-state index contributed by atoms with van der Waals surface area (Å²) in [5.41, 5.74) is 2.19. The Kier molecular flexibility index (Phi) is 7.51. The van der Waals surface area contributed by atoms with E-state index in [1.165, 1.54) is 62.6 Å². The van der Waals surface area contributed by atoms with E-state index in [0.717, 1.165) is 28.4 Å². The first kappa shape index (κ1) is 19.4. The van der Waals surface area contributed by atoms with Crippen LogP contribution in [-0.4, -0.2) is 6.04 Å². The molecule has 0 aliphatic heterocycles. The summed E-state index contributed by atoms with van der Waals surface area (Å²) < 4.78 is 20.2. The number of benzene rings is 2. The fraction of sp³-hybridized carbons (Fsp3) is 0.455. The van der Waals surface area contributed by atoms with E-state index in [4.69, 9.17) is 4.74 Å². The number of halogens is 2. The number of nitrogens with two attached hydrogens (primary N) is 1. The second-order valence-corrected chi connectivity index (χ2v) is 8.13. The van der Waals surface area contributed by atoms with Gasteiger partial charge in [0.15, 0.2) is 0 Å². The van der Waals surface area contributed by atoms with Crippen LogP contribution in [0.4, 0.5) is 4.39 Å². The maximum atomic E-state index is 13.0. The summed E-state index contributed by atoms with van der Waals surface area (Å²) in [6.07, 6.45) is 9.51. The van der Waals surface area contributed by atoms with Crippen molar-refractivity contribution in [1.29, 1.82) is 0 Å². The van der Waals surface area contributed by atoms with Crippen LogP contribution in [0.5, 0.6) is 5.75 Å². The van der Waals surface area contributed by atoms with Crippen LogP contribution in [-0.2, 0) is 13.2 Å². The van der Waals surface area contributed by atoms with Gasteiger partial charge in [0.2, 0.25) is 0 Å². The average Bonchev–Trinajstić information content (AvgIpc) is 2.61. The molecule has 26 heavy (non-hydrogen) atoms. The fourth-order valence-electron chi connectivity index (χ4n) is 3.61. The summed E-state index contributed by atoms with van der Waals surface area (Å²) in [4.78, 5) is 0. The van der Waals surface area contributed by atoms with Gasteiger partial charge in [-0.1, -0.05) is 47.3 Å². The largest absolute Gasteiger partial charge is 0.488 e. The maximum Gasteiger partial charge on any atom is 0.128 e. The minimum Gasteiger partial charge on any atom is -0.488 e. The number of ether oxygens (including phenoxy) is 1. The second kappa shape index (κ2) is 10.1. The molecule has 0 heterocycles. The second-order valence-electron chi connectivity index (χ2n) is 7.21. The number of hydrogen-bond donors (Lipinski definition) is 1. The molecular formula is C22H28BrFNO+. The van der Waals surface area contributed by atoms with Gasteiger partial charge >= 0.3 is 0 Å². The highest BCUT2D eigenvalue weighted by molar-refractivity contribution is 9.10. The standard InChI is InChI=1S/C22H27BrFNO/c23-19-10-13-22(26-16-17-8-11-20(24)12-9-17)18(14-19)15-25-21-6-4-2-1-3-5-7-21/h8-14,21,25H,1-7,15-16H2/p+1. The first-order chi connectivity index (χ1) is 12.7. The molecule has 1 aliphatic rings. The summed E-state index contributed by atoms with van der Waals surface area (Å²) in [5.74, 6) is 0.700. The third-order valence-electron chi connectivity index (χ3n) is 5.15. The van der Waals surface area contributed by atoms with Crippen molar-refractivity contribution in [2.75, 3.05) is 0 Å². The van der Waals surface area contributed by atoms with Gasteiger partial charge in [-0.25, -0.2) is 4.39 Å². The van der Waals surface area contributed by atoms with E-state index >= 15 is 0 Å². The molecule has 1 fully saturated rings. The van der Waals surface area contributed by atoms with E-state index in [1.54, 1.807) is 12.1 Å². The van der Waals surface area contributed by atoms with Crippen LogP contribution < -0.4 is 10.1 Å². The first-order valence-corrected chi connectivity index (χ1v) is 10.5. The van der Waals surface area contributed by atoms with Crippen LogP contribution in [0.3, 0.4) is 0 Å². The van der Waals surface area contributed by atoms with Gasteiger partial charge in [0, 0.05) is 10.0 Å². The first-order valence-electron chi connectivity index (χ1n) is 9.70. The van der Waals surface area contributed by atoms with E-state index in [-0.39, 0.29) is 5.82 Å². The molecule has 0 unspecified atom stereocenters. The number of rotatable bonds is 6. The summed E-state index contributed by atoms with van der Waals surface area (Å²) in [7, 11) is 0. The lowest BCUT2D eigenvalue weighted by Gasteiger charge is -2.19. The summed E-state index contributed by atoms with van der Waals surface area (Å²) in [5, 5.41) is 2.48. The van der Waals surface area contributed by atoms with Crippen molar-refractivity contribution in [1.82, 2.24) is 0 Å². The van der Waals surface area contributed by atoms with Crippen molar-refractivity contribution in [3.8, 4) is 5.75 Å². The Labute approximate surface area is 164 Å². The molecule has 2 nitrogen and oxygen atoms in total. The molecule has 0 aromatic heterocycles. The molecule has 140 valence electrons. The third-order valence-corrected chi connectivity index (χ3v) is 5.64. The van der Waals surface area contributed by atoms with Crippen molar-refractivity contribution >= 4 is 15.9 Å². The van der Waals surface area contributed by atoms with E-state index in [9.17, 15) is 4.39 Å². The van der Waals surface area contributed by atoms with E-state index in [1.807, 2.05) is 12.1 Å². The summed E-state index contributed by atoms with van der Waals surface area (Å²) in [6.45, 7) is 1.39. The minimum atomic E-state index is -0.216. The summed E-state index contributed by atoms with van der Waals surface area (Å²) >= 11 is 3.58. The smallest absolute Gasteiger partial charge is 0.128 e. The zero-order valence-electron chi connectivity index (χ0n) is 15.2. The molecule has 2 aromatic rings. The van der Waals surface area contributed by atoms with Crippen LogP contribution >= 0.6 is 15.9 Å². The number of quaternary nitrogens is 1. The monoisotopic (exact) mass is 420 g/mol. The molecular weight excluding hydrogens is 393 g/mol. The van der Waals surface area contributed by atoms with Crippen molar-refractivity contribution < 1.29 is 14.4 Å². The van der Waals surface area contributed by atoms with Gasteiger partial charge in [0.25, 0.3) is 0 Å². The van der Waals surface area contributed by atoms with Crippen molar-refractivity contribution in [2.45, 2.75) is 64.1 Å². The molecule has 2 N–H and O–H groups in total. The van der Waals surface area contributed by atoms with Crippen molar-refractivity contribution in [3.05, 3.63) is 63.9 Å². The molecule has 0 radical (unpaired) electrons. The predicted octanol–water partition coefficient (Wildman–Crippen LogP) is 5.34. The molecule has 0 atom stereocenters. The molecule has 1 saturated carbocycles. The molecule has 0 amide bonds. The third kappa shape index (κ3) is 6.10. The quantitative estimate of drug-likeness (QED) is 0.669. The van der Waals surface area contributed by atoms with E-state index < -0.39 is 0 Å². The van der Waals surface area contributed by atoms with E-state index in [2.05, 4.69) is 27.3 Å². The molecule has 2 aromatic carbocycles. The molecule has 3 rings (SSSR count). The van der Waals surface area contributed by atoms with Gasteiger partial charge in [0.05, 0.1) is 6.04 Å². The van der Waals surface area contributed by atoms with Gasteiger partial charge in [0.1, 0.15) is 24.7 Å². The fourth-order valence-corrected chi connectivity index (χ4v) is 4.02. The van der Waals surface area contributed by atoms with Gasteiger partial charge in [-0.15, -0.1) is 0 Å². The van der Waals surface area contributed by atoms with Crippen LogP contribution in [0.15, 0.2) is 46.9 Å². The molecule has 1 aliphatic carbocycles. The van der Waals surface area contributed by atoms with Gasteiger partial charge in [-0.2, -0.15) is 0 Å². The zero-order chi connectivity index (χ0) is 18.2. The molecule has 0 saturated heterocycles. The lowest BCUT2D eigenvalue weighted by Crippen LogP contribution is -2.88. The van der Waals surface area contributed by atoms with Crippen LogP contribution in [0.2, 0.25) is 0 Å². The highest BCUT2D eigenvalue weighted by Gasteiger charge is 2.15. The SMILES string of the molecule is Fc1ccc(COc2ccc(Br)cc2C[NH2+]C2CCCCCCC2)cc1. The van der Waals surface area contributed by atoms with Crippen LogP contribution in [0.1, 0.15) is 56.1 Å². The Bertz CT molecular complexity index is 681. The average molecular weight is 421 g/mol. The topological polar surface area (TPSA) is 25.8 Å². The lowest BCUT2D eigenvalue weighted by atomic mass is 9.96. The Morgan fingerprint density at radius 1 is 0.962 bits per heavy atom. The van der Waals surface area contributed by atoms with Crippen LogP contribution in [0.25, 0.3) is 0 Å². The molecule has 0 spiro atoms. The maximum absolute atomic E-state index is 13.0. The predicted molar refractivity (Wildman–Crippen MR) is 107 cm³/mol. The van der Waals surface area contributed by atoms with Gasteiger partial charge < -0.3 is 10.1 Å². The lowest BCUT2D eigenvalue weighted by molar-refractivity contribution is -0.706. The Hall–Kier alpha value is -1.39. The van der Waals surface area contributed by atoms with Gasteiger partial charge in [-0.05, 0) is 61.6 Å². The highest BCUT2D eigenvalue weighted by Crippen LogP contribution is 2.24. The summed E-state index contributed by atoms with van der Waals surface area (Å²) in [6, 6.07) is 13.4. The Morgan fingerprint density at radius 2 is 1.65 bits per heavy atom. The van der Waals surface area contributed by atoms with Crippen LogP contribution in [0, 0.1) is 5.82 Å². The minimum absolute atomic E-state index is 0.216. The molecule has 4 heteroatoms. The number of hydrogen-bond acceptors (Lipinski definition) is 1. The highest BCUT2D eigenvalue weighted by atomic mass is 79.9. The van der Waals surface area contributed by atoms with E-state index in [0.29, 0.717) is 6.61 Å². The van der Waals surface area contributed by atoms with Gasteiger partial charge in [-0.3, -0.25) is 0 Å². The Morgan fingerprint density at radius 3 is 2.38 bits per heavy atom. The zero-order valence-corrected chi connectivity index (χ0v) is 16.8. The normalized spacial score (nSPS) is 16.1. The Balaban J connectivity index is 1.60. The van der Waals surface area contributed by atoms with Crippen molar-refractivity contribution in [3.63, 3.8) is 0 Å². The molecule has 0 bridgehead atoms.